The molecule has 2 aromatic rings. The molecule has 23 heavy (non-hydrogen) atoms. The quantitative estimate of drug-likeness (QED) is 0.853. The van der Waals surface area contributed by atoms with Crippen LogP contribution in [0.5, 0.6) is 11.5 Å². The smallest absolute Gasteiger partial charge is 0.244 e. The number of nitrogens with zero attached hydrogens (tertiary/aromatic N) is 1. The third-order valence-electron chi connectivity index (χ3n) is 3.58. The number of benzene rings is 1. The summed E-state index contributed by atoms with van der Waals surface area (Å²) >= 11 is 0. The van der Waals surface area contributed by atoms with Crippen LogP contribution in [0.4, 0.5) is 5.69 Å². The normalized spacial score (nSPS) is 13.2. The van der Waals surface area contributed by atoms with E-state index >= 15 is 0 Å². The van der Waals surface area contributed by atoms with Crippen LogP contribution in [0.25, 0.3) is 0 Å². The fourth-order valence-electron chi connectivity index (χ4n) is 2.28. The highest BCUT2D eigenvalue weighted by Gasteiger charge is 2.27. The molecule has 1 aromatic heterocycles. The van der Waals surface area contributed by atoms with Gasteiger partial charge in [-0.1, -0.05) is 13.3 Å². The average Bonchev–Trinajstić information content (AvgIpc) is 2.51. The lowest BCUT2D eigenvalue weighted by Crippen LogP contribution is -2.48. The van der Waals surface area contributed by atoms with E-state index in [1.165, 1.54) is 0 Å². The molecule has 122 valence electrons. The van der Waals surface area contributed by atoms with E-state index in [0.717, 1.165) is 17.7 Å². The number of nitrogens with one attached hydrogen (secondary N) is 1. The first-order valence-electron chi connectivity index (χ1n) is 7.71. The van der Waals surface area contributed by atoms with Gasteiger partial charge in [-0.05, 0) is 56.2 Å². The lowest BCUT2D eigenvalue weighted by Gasteiger charge is -2.23. The van der Waals surface area contributed by atoms with Gasteiger partial charge in [0, 0.05) is 11.9 Å². The Bertz CT molecular complexity index is 669. The Morgan fingerprint density at radius 3 is 2.78 bits per heavy atom. The van der Waals surface area contributed by atoms with Crippen molar-refractivity contribution < 1.29 is 9.53 Å². The largest absolute Gasteiger partial charge is 0.455 e. The van der Waals surface area contributed by atoms with Gasteiger partial charge in [0.1, 0.15) is 11.5 Å². The number of aromatic nitrogens is 1. The highest BCUT2D eigenvalue weighted by molar-refractivity contribution is 5.97. The molecule has 5 nitrogen and oxygen atoms in total. The summed E-state index contributed by atoms with van der Waals surface area (Å²) in [5.41, 5.74) is 6.80. The summed E-state index contributed by atoms with van der Waals surface area (Å²) < 4.78 is 5.78. The third kappa shape index (κ3) is 4.53. The SMILES string of the molecule is CCCC(C)(N)C(=O)Nc1ccc(Oc2cccnc2)c(C)c1. The van der Waals surface area contributed by atoms with Crippen LogP contribution in [0.1, 0.15) is 32.3 Å². The Kier molecular flexibility index (Phi) is 5.34. The van der Waals surface area contributed by atoms with Crippen LogP contribution in [0.2, 0.25) is 0 Å². The average molecular weight is 313 g/mol. The number of hydrogen-bond acceptors (Lipinski definition) is 4. The molecule has 0 radical (unpaired) electrons. The standard InChI is InChI=1S/C18H23N3O2/c1-4-9-18(3,19)17(22)21-14-7-8-16(13(2)11-14)23-15-6-5-10-20-12-15/h5-8,10-12H,4,9,19H2,1-3H3,(H,21,22). The minimum absolute atomic E-state index is 0.181. The molecule has 3 N–H and O–H groups in total. The molecule has 0 aliphatic rings. The second-order valence-electron chi connectivity index (χ2n) is 5.89. The van der Waals surface area contributed by atoms with E-state index in [1.54, 1.807) is 25.4 Å². The van der Waals surface area contributed by atoms with Gasteiger partial charge < -0.3 is 15.8 Å². The molecule has 0 fully saturated rings. The summed E-state index contributed by atoms with van der Waals surface area (Å²) in [6.45, 7) is 5.68. The Morgan fingerprint density at radius 1 is 1.39 bits per heavy atom. The summed E-state index contributed by atoms with van der Waals surface area (Å²) in [7, 11) is 0. The van der Waals surface area contributed by atoms with Crippen LogP contribution in [-0.4, -0.2) is 16.4 Å². The van der Waals surface area contributed by atoms with Crippen LogP contribution >= 0.6 is 0 Å². The minimum atomic E-state index is -0.868. The van der Waals surface area contributed by atoms with Crippen molar-refractivity contribution in [3.05, 3.63) is 48.3 Å². The zero-order valence-electron chi connectivity index (χ0n) is 13.8. The fourth-order valence-corrected chi connectivity index (χ4v) is 2.28. The van der Waals surface area contributed by atoms with Gasteiger partial charge in [-0.2, -0.15) is 0 Å². The molecule has 1 amide bonds. The Balaban J connectivity index is 2.09. The van der Waals surface area contributed by atoms with Gasteiger partial charge in [-0.3, -0.25) is 9.78 Å². The summed E-state index contributed by atoms with van der Waals surface area (Å²) in [4.78, 5) is 16.3. The predicted molar refractivity (Wildman–Crippen MR) is 91.6 cm³/mol. The number of carbonyl (C=O) groups excluding carboxylic acids is 1. The van der Waals surface area contributed by atoms with E-state index in [0.29, 0.717) is 17.9 Å². The zero-order valence-corrected chi connectivity index (χ0v) is 13.8. The molecule has 0 aliphatic carbocycles. The highest BCUT2D eigenvalue weighted by atomic mass is 16.5. The maximum absolute atomic E-state index is 12.2. The number of aryl methyl sites for hydroxylation is 1. The first kappa shape index (κ1) is 17.0. The van der Waals surface area contributed by atoms with Crippen molar-refractivity contribution in [2.24, 2.45) is 5.73 Å². The first-order valence-corrected chi connectivity index (χ1v) is 7.71. The number of anilines is 1. The van der Waals surface area contributed by atoms with Gasteiger partial charge in [-0.25, -0.2) is 0 Å². The van der Waals surface area contributed by atoms with Gasteiger partial charge in [0.2, 0.25) is 5.91 Å². The topological polar surface area (TPSA) is 77.2 Å². The highest BCUT2D eigenvalue weighted by Crippen LogP contribution is 2.27. The number of nitrogens with two attached hydrogens (primary N) is 1. The number of carbonyl (C=O) groups is 1. The van der Waals surface area contributed by atoms with Crippen molar-refractivity contribution in [2.75, 3.05) is 5.32 Å². The zero-order chi connectivity index (χ0) is 16.9. The molecular formula is C18H23N3O2. The number of rotatable bonds is 6. The van der Waals surface area contributed by atoms with Crippen LogP contribution in [-0.2, 0) is 4.79 Å². The second-order valence-corrected chi connectivity index (χ2v) is 5.89. The molecule has 2 rings (SSSR count). The molecule has 1 aromatic carbocycles. The van der Waals surface area contributed by atoms with Crippen molar-refractivity contribution in [2.45, 2.75) is 39.2 Å². The van der Waals surface area contributed by atoms with Gasteiger partial charge in [0.05, 0.1) is 11.7 Å². The van der Waals surface area contributed by atoms with Crippen LogP contribution in [0.15, 0.2) is 42.7 Å². The van der Waals surface area contributed by atoms with E-state index < -0.39 is 5.54 Å². The number of pyridine rings is 1. The van der Waals surface area contributed by atoms with Crippen molar-refractivity contribution >= 4 is 11.6 Å². The van der Waals surface area contributed by atoms with E-state index in [1.807, 2.05) is 38.1 Å². The number of ether oxygens (including phenoxy) is 1. The molecule has 0 bridgehead atoms. The molecule has 0 saturated carbocycles. The molecule has 5 heteroatoms. The second kappa shape index (κ2) is 7.24. The molecule has 0 saturated heterocycles. The van der Waals surface area contributed by atoms with Crippen molar-refractivity contribution in [3.63, 3.8) is 0 Å². The van der Waals surface area contributed by atoms with Gasteiger partial charge in [0.15, 0.2) is 0 Å². The summed E-state index contributed by atoms with van der Waals surface area (Å²) in [5, 5.41) is 2.87. The minimum Gasteiger partial charge on any atom is -0.455 e. The lowest BCUT2D eigenvalue weighted by molar-refractivity contribution is -0.120. The predicted octanol–water partition coefficient (Wildman–Crippen LogP) is 3.64. The van der Waals surface area contributed by atoms with Crippen molar-refractivity contribution in [3.8, 4) is 11.5 Å². The lowest BCUT2D eigenvalue weighted by atomic mass is 9.96. The molecular weight excluding hydrogens is 290 g/mol. The number of hydrogen-bond donors (Lipinski definition) is 2. The van der Waals surface area contributed by atoms with Gasteiger partial charge in [-0.15, -0.1) is 0 Å². The van der Waals surface area contributed by atoms with Crippen LogP contribution in [0.3, 0.4) is 0 Å². The first-order chi connectivity index (χ1) is 10.9. The molecule has 1 atom stereocenters. The van der Waals surface area contributed by atoms with E-state index in [9.17, 15) is 4.79 Å². The monoisotopic (exact) mass is 313 g/mol. The van der Waals surface area contributed by atoms with Crippen molar-refractivity contribution in [1.29, 1.82) is 0 Å². The maximum atomic E-state index is 12.2. The van der Waals surface area contributed by atoms with Gasteiger partial charge >= 0.3 is 0 Å². The third-order valence-corrected chi connectivity index (χ3v) is 3.58. The van der Waals surface area contributed by atoms with Crippen LogP contribution in [0, 0.1) is 6.92 Å². The van der Waals surface area contributed by atoms with E-state index in [2.05, 4.69) is 10.3 Å². The Labute approximate surface area is 136 Å². The summed E-state index contributed by atoms with van der Waals surface area (Å²) in [6, 6.07) is 9.15. The van der Waals surface area contributed by atoms with Crippen molar-refractivity contribution in [1.82, 2.24) is 4.98 Å². The number of amides is 1. The van der Waals surface area contributed by atoms with E-state index in [4.69, 9.17) is 10.5 Å². The molecule has 1 heterocycles. The van der Waals surface area contributed by atoms with E-state index in [-0.39, 0.29) is 5.91 Å². The Morgan fingerprint density at radius 2 is 2.17 bits per heavy atom. The Hall–Kier alpha value is -2.40. The fraction of sp³-hybridized carbons (Fsp3) is 0.333. The summed E-state index contributed by atoms with van der Waals surface area (Å²) in [6.07, 6.45) is 4.84. The summed E-state index contributed by atoms with van der Waals surface area (Å²) in [5.74, 6) is 1.21. The molecule has 0 aliphatic heterocycles. The molecule has 0 spiro atoms. The molecule has 1 unspecified atom stereocenters. The maximum Gasteiger partial charge on any atom is 0.244 e. The van der Waals surface area contributed by atoms with Crippen LogP contribution < -0.4 is 15.8 Å². The van der Waals surface area contributed by atoms with Gasteiger partial charge in [0.25, 0.3) is 0 Å².